The Bertz CT molecular complexity index is 775. The molecular formula is C16H22N4O3S. The first-order chi connectivity index (χ1) is 11.4. The summed E-state index contributed by atoms with van der Waals surface area (Å²) in [5.74, 6) is 0.671. The number of benzene rings is 1. The number of aliphatic imine (C=N–C) groups is 1. The first kappa shape index (κ1) is 16.9. The number of hydrogen-bond donors (Lipinski definition) is 2. The summed E-state index contributed by atoms with van der Waals surface area (Å²) < 4.78 is 26.5. The second kappa shape index (κ2) is 6.52. The molecule has 0 aromatic heterocycles. The zero-order valence-electron chi connectivity index (χ0n) is 13.6. The highest BCUT2D eigenvalue weighted by atomic mass is 32.2. The number of piperidine rings is 1. The number of sulfonamides is 1. The molecule has 3 rings (SSSR count). The fourth-order valence-electron chi connectivity index (χ4n) is 3.29. The van der Waals surface area contributed by atoms with E-state index in [0.29, 0.717) is 24.6 Å². The monoisotopic (exact) mass is 350 g/mol. The fraction of sp³-hybridized carbons (Fsp3) is 0.500. The van der Waals surface area contributed by atoms with E-state index in [2.05, 4.69) is 16.6 Å². The van der Waals surface area contributed by atoms with Gasteiger partial charge in [0.05, 0.1) is 4.90 Å². The molecule has 0 spiro atoms. The minimum Gasteiger partial charge on any atom is -0.337 e. The van der Waals surface area contributed by atoms with Gasteiger partial charge in [0.2, 0.25) is 5.91 Å². The van der Waals surface area contributed by atoms with Crippen molar-refractivity contribution < 1.29 is 13.2 Å². The smallest absolute Gasteiger partial charge is 0.263 e. The topological polar surface area (TPSA) is 105 Å². The molecule has 1 fully saturated rings. The molecule has 1 saturated heterocycles. The van der Waals surface area contributed by atoms with Crippen LogP contribution in [0.15, 0.2) is 34.2 Å². The second-order valence-electron chi connectivity index (χ2n) is 6.37. The van der Waals surface area contributed by atoms with E-state index in [1.165, 1.54) is 6.07 Å². The van der Waals surface area contributed by atoms with Crippen LogP contribution in [0.3, 0.4) is 0 Å². The van der Waals surface area contributed by atoms with Crippen LogP contribution in [-0.2, 0) is 14.8 Å². The molecule has 0 aliphatic carbocycles. The number of nitrogens with one attached hydrogen (secondary N) is 1. The highest BCUT2D eigenvalue weighted by Gasteiger charge is 2.31. The lowest BCUT2D eigenvalue weighted by molar-refractivity contribution is -0.133. The molecule has 130 valence electrons. The van der Waals surface area contributed by atoms with Crippen molar-refractivity contribution in [2.75, 3.05) is 19.6 Å². The van der Waals surface area contributed by atoms with E-state index in [1.54, 1.807) is 23.1 Å². The number of carbonyl (C=O) groups is 1. The van der Waals surface area contributed by atoms with Crippen molar-refractivity contribution >= 4 is 21.8 Å². The van der Waals surface area contributed by atoms with Crippen LogP contribution in [0.5, 0.6) is 0 Å². The summed E-state index contributed by atoms with van der Waals surface area (Å²) in [4.78, 5) is 18.7. The molecule has 3 N–H and O–H groups in total. The molecule has 0 radical (unpaired) electrons. The van der Waals surface area contributed by atoms with Gasteiger partial charge in [0.15, 0.2) is 0 Å². The molecule has 0 saturated carbocycles. The number of nitrogens with two attached hydrogens (primary N) is 1. The maximum atomic E-state index is 12.5. The number of likely N-dealkylation sites (tertiary alicyclic amines) is 1. The molecular weight excluding hydrogens is 328 g/mol. The molecule has 0 bridgehead atoms. The Labute approximate surface area is 142 Å². The van der Waals surface area contributed by atoms with Crippen molar-refractivity contribution in [2.24, 2.45) is 16.6 Å². The van der Waals surface area contributed by atoms with Crippen molar-refractivity contribution in [3.63, 3.8) is 0 Å². The minimum absolute atomic E-state index is 0.0361. The van der Waals surface area contributed by atoms with Gasteiger partial charge in [-0.15, -0.1) is 0 Å². The van der Waals surface area contributed by atoms with Gasteiger partial charge in [-0.3, -0.25) is 14.5 Å². The third-order valence-electron chi connectivity index (χ3n) is 4.61. The van der Waals surface area contributed by atoms with Gasteiger partial charge < -0.3 is 10.6 Å². The number of fused-ring (bicyclic) bond motifs is 1. The lowest BCUT2D eigenvalue weighted by Crippen LogP contribution is -2.50. The highest BCUT2D eigenvalue weighted by Crippen LogP contribution is 2.23. The molecule has 2 unspecified atom stereocenters. The highest BCUT2D eigenvalue weighted by molar-refractivity contribution is 7.90. The second-order valence-corrected chi connectivity index (χ2v) is 8.02. The van der Waals surface area contributed by atoms with Crippen LogP contribution in [0, 0.1) is 5.92 Å². The Kier molecular flexibility index (Phi) is 4.60. The SMILES string of the molecule is CC1CCN(C(=O)CN=C2NS(=O)(=O)c3ccccc32)C(CN)C1. The number of nitrogens with zero attached hydrogens (tertiary/aromatic N) is 2. The van der Waals surface area contributed by atoms with Gasteiger partial charge >= 0.3 is 0 Å². The first-order valence-corrected chi connectivity index (χ1v) is 9.57. The lowest BCUT2D eigenvalue weighted by atomic mass is 9.92. The third-order valence-corrected chi connectivity index (χ3v) is 6.00. The number of hydrogen-bond acceptors (Lipinski definition) is 5. The van der Waals surface area contributed by atoms with Gasteiger partial charge in [-0.1, -0.05) is 19.1 Å². The van der Waals surface area contributed by atoms with Crippen molar-refractivity contribution in [3.05, 3.63) is 29.8 Å². The molecule has 2 aliphatic rings. The van der Waals surface area contributed by atoms with Gasteiger partial charge in [-0.05, 0) is 30.9 Å². The number of rotatable bonds is 3. The zero-order valence-corrected chi connectivity index (χ0v) is 14.4. The van der Waals surface area contributed by atoms with E-state index < -0.39 is 10.0 Å². The molecule has 1 amide bonds. The van der Waals surface area contributed by atoms with E-state index in [4.69, 9.17) is 5.73 Å². The van der Waals surface area contributed by atoms with Crippen LogP contribution in [0.25, 0.3) is 0 Å². The molecule has 7 nitrogen and oxygen atoms in total. The molecule has 1 aromatic carbocycles. The third kappa shape index (κ3) is 3.16. The van der Waals surface area contributed by atoms with Crippen LogP contribution < -0.4 is 10.5 Å². The van der Waals surface area contributed by atoms with E-state index in [1.807, 2.05) is 0 Å². The zero-order chi connectivity index (χ0) is 17.3. The minimum atomic E-state index is -3.58. The van der Waals surface area contributed by atoms with Gasteiger partial charge in [-0.25, -0.2) is 8.42 Å². The van der Waals surface area contributed by atoms with Crippen molar-refractivity contribution in [3.8, 4) is 0 Å². The predicted octanol–water partition coefficient (Wildman–Crippen LogP) is 0.311. The van der Waals surface area contributed by atoms with E-state index in [9.17, 15) is 13.2 Å². The summed E-state index contributed by atoms with van der Waals surface area (Å²) >= 11 is 0. The van der Waals surface area contributed by atoms with E-state index >= 15 is 0 Å². The summed E-state index contributed by atoms with van der Waals surface area (Å²) in [5, 5.41) is 0. The number of amidine groups is 1. The summed E-state index contributed by atoms with van der Waals surface area (Å²) in [6.45, 7) is 3.18. The first-order valence-electron chi connectivity index (χ1n) is 8.08. The maximum Gasteiger partial charge on any atom is 0.263 e. The summed E-state index contributed by atoms with van der Waals surface area (Å²) in [6, 6.07) is 6.65. The molecule has 2 atom stereocenters. The fourth-order valence-corrected chi connectivity index (χ4v) is 4.54. The molecule has 8 heteroatoms. The van der Waals surface area contributed by atoms with Crippen LogP contribution >= 0.6 is 0 Å². The molecule has 2 aliphatic heterocycles. The van der Waals surface area contributed by atoms with Crippen molar-refractivity contribution in [2.45, 2.75) is 30.7 Å². The van der Waals surface area contributed by atoms with Gasteiger partial charge in [0, 0.05) is 24.7 Å². The normalized spacial score (nSPS) is 26.9. The number of amides is 1. The molecule has 2 heterocycles. The Balaban J connectivity index is 1.76. The van der Waals surface area contributed by atoms with Crippen LogP contribution in [0.4, 0.5) is 0 Å². The quantitative estimate of drug-likeness (QED) is 0.818. The summed E-state index contributed by atoms with van der Waals surface area (Å²) in [7, 11) is -3.58. The average molecular weight is 350 g/mol. The predicted molar refractivity (Wildman–Crippen MR) is 91.1 cm³/mol. The van der Waals surface area contributed by atoms with Gasteiger partial charge in [0.25, 0.3) is 10.0 Å². The number of carbonyl (C=O) groups excluding carboxylic acids is 1. The van der Waals surface area contributed by atoms with Gasteiger partial charge in [-0.2, -0.15) is 0 Å². The Morgan fingerprint density at radius 2 is 2.17 bits per heavy atom. The summed E-state index contributed by atoms with van der Waals surface area (Å²) in [6.07, 6.45) is 1.85. The van der Waals surface area contributed by atoms with Gasteiger partial charge in [0.1, 0.15) is 12.4 Å². The van der Waals surface area contributed by atoms with E-state index in [-0.39, 0.29) is 29.2 Å². The van der Waals surface area contributed by atoms with Crippen LogP contribution in [0.1, 0.15) is 25.3 Å². The van der Waals surface area contributed by atoms with Crippen molar-refractivity contribution in [1.82, 2.24) is 9.62 Å². The molecule has 24 heavy (non-hydrogen) atoms. The lowest BCUT2D eigenvalue weighted by Gasteiger charge is -2.37. The standard InChI is InChI=1S/C16H22N4O3S/c1-11-6-7-20(12(8-11)9-17)15(21)10-18-16-13-4-2-3-5-14(13)24(22,23)19-16/h2-5,11-12H,6-10,17H2,1H3,(H,18,19). The molecule has 1 aromatic rings. The van der Waals surface area contributed by atoms with Crippen molar-refractivity contribution in [1.29, 1.82) is 0 Å². The van der Waals surface area contributed by atoms with Crippen LogP contribution in [-0.4, -0.2) is 50.7 Å². The van der Waals surface area contributed by atoms with Crippen LogP contribution in [0.2, 0.25) is 0 Å². The Morgan fingerprint density at radius 3 is 2.92 bits per heavy atom. The largest absolute Gasteiger partial charge is 0.337 e. The maximum absolute atomic E-state index is 12.5. The Morgan fingerprint density at radius 1 is 1.42 bits per heavy atom. The Hall–Kier alpha value is -1.93. The van der Waals surface area contributed by atoms with E-state index in [0.717, 1.165) is 12.8 Å². The summed E-state index contributed by atoms with van der Waals surface area (Å²) in [5.41, 5.74) is 6.30. The average Bonchev–Trinajstić information content (AvgIpc) is 2.83.